The lowest BCUT2D eigenvalue weighted by atomic mass is 10.1. The Morgan fingerprint density at radius 3 is 3.00 bits per heavy atom. The fraction of sp³-hybridized carbons (Fsp3) is 0.357. The van der Waals surface area contributed by atoms with Gasteiger partial charge in [-0.05, 0) is 19.1 Å². The average molecular weight is 272 g/mol. The molecule has 0 spiro atoms. The number of rotatable bonds is 2. The van der Waals surface area contributed by atoms with Crippen LogP contribution in [0.15, 0.2) is 30.6 Å². The van der Waals surface area contributed by atoms with Crippen molar-refractivity contribution in [3.05, 3.63) is 40.7 Å². The van der Waals surface area contributed by atoms with Crippen molar-refractivity contribution in [1.29, 1.82) is 0 Å². The average Bonchev–Trinajstić information content (AvgIpc) is 2.46. The summed E-state index contributed by atoms with van der Waals surface area (Å²) in [6, 6.07) is 5.54. The first-order valence-electron chi connectivity index (χ1n) is 6.66. The highest BCUT2D eigenvalue weighted by Gasteiger charge is 2.21. The maximum absolute atomic E-state index is 11.1. The van der Waals surface area contributed by atoms with E-state index in [2.05, 4.69) is 22.1 Å². The molecule has 1 saturated heterocycles. The minimum Gasteiger partial charge on any atom is -0.368 e. The van der Waals surface area contributed by atoms with Crippen molar-refractivity contribution in [2.24, 2.45) is 0 Å². The quantitative estimate of drug-likeness (QED) is 0.668. The van der Waals surface area contributed by atoms with E-state index >= 15 is 0 Å². The molecule has 1 unspecified atom stereocenters. The number of hydrogen-bond acceptors (Lipinski definition) is 5. The van der Waals surface area contributed by atoms with Gasteiger partial charge in [0.1, 0.15) is 0 Å². The second-order valence-electron chi connectivity index (χ2n) is 5.08. The lowest BCUT2D eigenvalue weighted by Crippen LogP contribution is -2.49. The van der Waals surface area contributed by atoms with Gasteiger partial charge in [-0.1, -0.05) is 0 Å². The largest absolute Gasteiger partial charge is 0.368 e. The zero-order valence-corrected chi connectivity index (χ0v) is 11.2. The van der Waals surface area contributed by atoms with Crippen LogP contribution in [0.4, 0.5) is 11.4 Å². The molecule has 2 heterocycles. The summed E-state index contributed by atoms with van der Waals surface area (Å²) in [5, 5.41) is 16.0. The number of nitro groups is 1. The standard InChI is InChI=1S/C14H16N4O2/c1-10-9-17(7-6-16-10)13-2-3-14(18(19)20)11-4-5-15-8-12(11)13/h2-5,8,10,16H,6-7,9H2,1H3. The van der Waals surface area contributed by atoms with Crippen LogP contribution in [0.3, 0.4) is 0 Å². The second-order valence-corrected chi connectivity index (χ2v) is 5.08. The van der Waals surface area contributed by atoms with E-state index in [1.807, 2.05) is 6.07 Å². The highest BCUT2D eigenvalue weighted by atomic mass is 16.6. The predicted octanol–water partition coefficient (Wildman–Crippen LogP) is 1.94. The van der Waals surface area contributed by atoms with Gasteiger partial charge in [0.15, 0.2) is 0 Å². The number of non-ortho nitro benzene ring substituents is 1. The Morgan fingerprint density at radius 1 is 1.40 bits per heavy atom. The molecule has 6 nitrogen and oxygen atoms in total. The molecular weight excluding hydrogens is 256 g/mol. The first kappa shape index (κ1) is 12.8. The summed E-state index contributed by atoms with van der Waals surface area (Å²) in [6.07, 6.45) is 3.31. The Morgan fingerprint density at radius 2 is 2.25 bits per heavy atom. The highest BCUT2D eigenvalue weighted by molar-refractivity contribution is 5.99. The third-order valence-electron chi connectivity index (χ3n) is 3.68. The molecule has 3 rings (SSSR count). The van der Waals surface area contributed by atoms with Crippen LogP contribution in [0.25, 0.3) is 10.8 Å². The van der Waals surface area contributed by atoms with Gasteiger partial charge in [-0.15, -0.1) is 0 Å². The molecule has 1 aliphatic heterocycles. The van der Waals surface area contributed by atoms with Crippen molar-refractivity contribution in [2.75, 3.05) is 24.5 Å². The summed E-state index contributed by atoms with van der Waals surface area (Å²) >= 11 is 0. The number of nitrogens with zero attached hydrogens (tertiary/aromatic N) is 3. The van der Waals surface area contributed by atoms with Crippen LogP contribution < -0.4 is 10.2 Å². The molecule has 1 aromatic carbocycles. The van der Waals surface area contributed by atoms with E-state index in [0.29, 0.717) is 11.4 Å². The lowest BCUT2D eigenvalue weighted by molar-refractivity contribution is -0.383. The molecule has 6 heteroatoms. The number of fused-ring (bicyclic) bond motifs is 1. The van der Waals surface area contributed by atoms with Gasteiger partial charge in [0.05, 0.1) is 10.3 Å². The number of aromatic nitrogens is 1. The number of anilines is 1. The molecule has 1 N–H and O–H groups in total. The van der Waals surface area contributed by atoms with Crippen molar-refractivity contribution in [1.82, 2.24) is 10.3 Å². The van der Waals surface area contributed by atoms with Gasteiger partial charge in [0, 0.05) is 55.2 Å². The van der Waals surface area contributed by atoms with Crippen LogP contribution in [-0.2, 0) is 0 Å². The molecule has 104 valence electrons. The Hall–Kier alpha value is -2.21. The molecule has 0 bridgehead atoms. The second kappa shape index (κ2) is 5.05. The lowest BCUT2D eigenvalue weighted by Gasteiger charge is -2.34. The van der Waals surface area contributed by atoms with Crippen molar-refractivity contribution in [3.63, 3.8) is 0 Å². The van der Waals surface area contributed by atoms with Gasteiger partial charge >= 0.3 is 0 Å². The van der Waals surface area contributed by atoms with Crippen LogP contribution >= 0.6 is 0 Å². The van der Waals surface area contributed by atoms with Gasteiger partial charge in [0.25, 0.3) is 5.69 Å². The smallest absolute Gasteiger partial charge is 0.277 e. The first-order valence-corrected chi connectivity index (χ1v) is 6.66. The Balaban J connectivity index is 2.12. The van der Waals surface area contributed by atoms with Crippen LogP contribution in [-0.4, -0.2) is 35.6 Å². The third kappa shape index (κ3) is 2.18. The van der Waals surface area contributed by atoms with Gasteiger partial charge in [-0.25, -0.2) is 0 Å². The van der Waals surface area contributed by atoms with Crippen LogP contribution in [0.2, 0.25) is 0 Å². The van der Waals surface area contributed by atoms with Crippen molar-refractivity contribution < 1.29 is 4.92 Å². The number of nitrogens with one attached hydrogen (secondary N) is 1. The molecule has 0 saturated carbocycles. The summed E-state index contributed by atoms with van der Waals surface area (Å²) < 4.78 is 0. The zero-order chi connectivity index (χ0) is 14.1. The summed E-state index contributed by atoms with van der Waals surface area (Å²) in [4.78, 5) is 17.2. The summed E-state index contributed by atoms with van der Waals surface area (Å²) in [5.41, 5.74) is 1.15. The monoisotopic (exact) mass is 272 g/mol. The van der Waals surface area contributed by atoms with Gasteiger partial charge < -0.3 is 10.2 Å². The zero-order valence-electron chi connectivity index (χ0n) is 11.2. The number of hydrogen-bond donors (Lipinski definition) is 1. The maximum Gasteiger partial charge on any atom is 0.277 e. The van der Waals surface area contributed by atoms with E-state index in [9.17, 15) is 10.1 Å². The number of pyridine rings is 1. The predicted molar refractivity (Wildman–Crippen MR) is 78.1 cm³/mol. The molecule has 0 amide bonds. The Labute approximate surface area is 116 Å². The van der Waals surface area contributed by atoms with Crippen molar-refractivity contribution in [3.8, 4) is 0 Å². The molecular formula is C14H16N4O2. The summed E-state index contributed by atoms with van der Waals surface area (Å²) in [5.74, 6) is 0. The molecule has 0 aliphatic carbocycles. The summed E-state index contributed by atoms with van der Waals surface area (Å²) in [7, 11) is 0. The number of benzene rings is 1. The minimum atomic E-state index is -0.341. The van der Waals surface area contributed by atoms with E-state index in [-0.39, 0.29) is 10.6 Å². The fourth-order valence-electron chi connectivity index (χ4n) is 2.75. The number of nitro benzene ring substituents is 1. The van der Waals surface area contributed by atoms with Crippen LogP contribution in [0.1, 0.15) is 6.92 Å². The molecule has 1 aliphatic rings. The molecule has 0 radical (unpaired) electrons. The molecule has 1 aromatic heterocycles. The topological polar surface area (TPSA) is 71.3 Å². The molecule has 20 heavy (non-hydrogen) atoms. The van der Waals surface area contributed by atoms with E-state index in [1.165, 1.54) is 0 Å². The van der Waals surface area contributed by atoms with E-state index in [1.54, 1.807) is 24.5 Å². The molecule has 1 fully saturated rings. The SMILES string of the molecule is CC1CN(c2ccc([N+](=O)[O-])c3ccncc23)CCN1. The fourth-order valence-corrected chi connectivity index (χ4v) is 2.75. The third-order valence-corrected chi connectivity index (χ3v) is 3.68. The molecule has 2 aromatic rings. The number of piperazine rings is 1. The van der Waals surface area contributed by atoms with Crippen LogP contribution in [0, 0.1) is 10.1 Å². The molecule has 1 atom stereocenters. The Kier molecular flexibility index (Phi) is 3.23. The van der Waals surface area contributed by atoms with E-state index in [0.717, 1.165) is 30.7 Å². The van der Waals surface area contributed by atoms with Crippen LogP contribution in [0.5, 0.6) is 0 Å². The van der Waals surface area contributed by atoms with Crippen molar-refractivity contribution in [2.45, 2.75) is 13.0 Å². The van der Waals surface area contributed by atoms with Gasteiger partial charge in [0.2, 0.25) is 0 Å². The van der Waals surface area contributed by atoms with Gasteiger partial charge in [-0.2, -0.15) is 0 Å². The van der Waals surface area contributed by atoms with Gasteiger partial charge in [-0.3, -0.25) is 15.1 Å². The Bertz CT molecular complexity index is 659. The van der Waals surface area contributed by atoms with E-state index < -0.39 is 0 Å². The normalized spacial score (nSPS) is 19.2. The minimum absolute atomic E-state index is 0.134. The maximum atomic E-state index is 11.1. The first-order chi connectivity index (χ1) is 9.66. The summed E-state index contributed by atoms with van der Waals surface area (Å²) in [6.45, 7) is 4.84. The van der Waals surface area contributed by atoms with E-state index in [4.69, 9.17) is 0 Å². The highest BCUT2D eigenvalue weighted by Crippen LogP contribution is 2.33. The van der Waals surface area contributed by atoms with Crippen molar-refractivity contribution >= 4 is 22.1 Å².